The van der Waals surface area contributed by atoms with Gasteiger partial charge < -0.3 is 10.1 Å². The first-order chi connectivity index (χ1) is 16.1. The number of esters is 1. The van der Waals surface area contributed by atoms with Gasteiger partial charge in [0, 0.05) is 0 Å². The molecule has 0 aliphatic heterocycles. The molecule has 4 aromatic rings. The Morgan fingerprint density at radius 1 is 0.818 bits per heavy atom. The van der Waals surface area contributed by atoms with Crippen LogP contribution >= 0.6 is 18.6 Å². The highest BCUT2D eigenvalue weighted by atomic mass is 32.1. The first kappa shape index (κ1) is 22.9. The summed E-state index contributed by atoms with van der Waals surface area (Å²) in [6, 6.07) is 30.7. The van der Waals surface area contributed by atoms with E-state index in [1.165, 1.54) is 18.4 Å². The maximum absolute atomic E-state index is 13.6. The molecule has 4 rings (SSSR count). The Hall–Kier alpha value is -3.27. The number of thiophene rings is 1. The molecule has 0 aliphatic rings. The molecule has 3 aromatic carbocycles. The number of amides is 1. The van der Waals surface area contributed by atoms with Crippen LogP contribution in [0.25, 0.3) is 0 Å². The van der Waals surface area contributed by atoms with Crippen molar-refractivity contribution in [3.63, 3.8) is 0 Å². The lowest BCUT2D eigenvalue weighted by molar-refractivity contribution is -0.113. The fourth-order valence-corrected chi connectivity index (χ4v) is 8.92. The van der Waals surface area contributed by atoms with Gasteiger partial charge >= 0.3 is 5.97 Å². The molecule has 0 radical (unpaired) electrons. The van der Waals surface area contributed by atoms with Gasteiger partial charge in [-0.15, -0.1) is 11.3 Å². The molecule has 1 heterocycles. The minimum Gasteiger partial charge on any atom is -0.465 e. The lowest BCUT2D eigenvalue weighted by Crippen LogP contribution is -2.37. The Balaban J connectivity index is 1.82. The van der Waals surface area contributed by atoms with E-state index in [0.29, 0.717) is 10.6 Å². The average molecular weight is 475 g/mol. The molecule has 33 heavy (non-hydrogen) atoms. The highest BCUT2D eigenvalue weighted by molar-refractivity contribution is 7.96. The summed E-state index contributed by atoms with van der Waals surface area (Å²) in [7, 11) is -0.966. The van der Waals surface area contributed by atoms with Gasteiger partial charge in [0.25, 0.3) is 5.91 Å². The number of methoxy groups -OCH3 is 1. The zero-order valence-electron chi connectivity index (χ0n) is 18.5. The van der Waals surface area contributed by atoms with E-state index in [2.05, 4.69) is 41.7 Å². The van der Waals surface area contributed by atoms with Crippen molar-refractivity contribution >= 4 is 52.1 Å². The van der Waals surface area contributed by atoms with Gasteiger partial charge in [-0.2, -0.15) is 0 Å². The molecule has 0 unspecified atom stereocenters. The van der Waals surface area contributed by atoms with E-state index in [-0.39, 0.29) is 12.1 Å². The van der Waals surface area contributed by atoms with Crippen LogP contribution in [-0.2, 0) is 9.53 Å². The largest absolute Gasteiger partial charge is 0.465 e. The highest BCUT2D eigenvalue weighted by Crippen LogP contribution is 2.55. The third-order valence-electron chi connectivity index (χ3n) is 5.58. The maximum Gasteiger partial charge on any atom is 0.350 e. The van der Waals surface area contributed by atoms with Crippen molar-refractivity contribution in [2.75, 3.05) is 18.6 Å². The smallest absolute Gasteiger partial charge is 0.350 e. The normalized spacial score (nSPS) is 11.1. The third-order valence-corrected chi connectivity index (χ3v) is 11.0. The van der Waals surface area contributed by atoms with Gasteiger partial charge in [0.2, 0.25) is 0 Å². The molecular weight excluding hydrogens is 449 g/mol. The summed E-state index contributed by atoms with van der Waals surface area (Å²) in [5.41, 5.74) is 1.38. The van der Waals surface area contributed by atoms with E-state index in [1.807, 2.05) is 66.9 Å². The average Bonchev–Trinajstić information content (AvgIpc) is 3.23. The second-order valence-corrected chi connectivity index (χ2v) is 12.0. The number of nitrogens with one attached hydrogen (secondary N) is 1. The van der Waals surface area contributed by atoms with E-state index in [1.54, 1.807) is 0 Å². The predicted molar refractivity (Wildman–Crippen MR) is 139 cm³/mol. The van der Waals surface area contributed by atoms with Crippen LogP contribution in [0.3, 0.4) is 0 Å². The molecule has 0 saturated carbocycles. The van der Waals surface area contributed by atoms with Gasteiger partial charge in [0.05, 0.1) is 12.8 Å². The van der Waals surface area contributed by atoms with Crippen molar-refractivity contribution in [2.45, 2.75) is 6.92 Å². The quantitative estimate of drug-likeness (QED) is 0.310. The van der Waals surface area contributed by atoms with Gasteiger partial charge in [-0.25, -0.2) is 4.79 Å². The topological polar surface area (TPSA) is 55.4 Å². The number of carbonyl (C=O) groups is 2. The molecule has 166 valence electrons. The van der Waals surface area contributed by atoms with E-state index in [9.17, 15) is 9.59 Å². The van der Waals surface area contributed by atoms with E-state index >= 15 is 0 Å². The molecule has 4 nitrogen and oxygen atoms in total. The lowest BCUT2D eigenvalue weighted by Gasteiger charge is -2.27. The summed E-state index contributed by atoms with van der Waals surface area (Å²) in [5, 5.41) is 8.29. The Morgan fingerprint density at radius 2 is 1.27 bits per heavy atom. The van der Waals surface area contributed by atoms with Crippen LogP contribution in [0.5, 0.6) is 0 Å². The summed E-state index contributed by atoms with van der Waals surface area (Å²) >= 11 is 1.28. The molecule has 0 spiro atoms. The molecule has 0 bridgehead atoms. The van der Waals surface area contributed by atoms with Gasteiger partial charge in [-0.1, -0.05) is 54.6 Å². The molecule has 0 saturated heterocycles. The first-order valence-corrected chi connectivity index (χ1v) is 13.4. The van der Waals surface area contributed by atoms with Crippen molar-refractivity contribution in [2.24, 2.45) is 0 Å². The number of carbonyl (C=O) groups excluding carboxylic acids is 2. The molecule has 6 heteroatoms. The molecule has 1 aromatic heterocycles. The van der Waals surface area contributed by atoms with Crippen LogP contribution in [0.1, 0.15) is 15.2 Å². The fraction of sp³-hybridized carbons (Fsp3) is 0.111. The maximum atomic E-state index is 13.6. The van der Waals surface area contributed by atoms with Crippen molar-refractivity contribution in [1.82, 2.24) is 0 Å². The Kier molecular flexibility index (Phi) is 7.02. The zero-order chi connectivity index (χ0) is 23.3. The summed E-state index contributed by atoms with van der Waals surface area (Å²) in [4.78, 5) is 26.3. The number of ether oxygens (including phenoxy) is 1. The molecule has 1 amide bonds. The number of rotatable bonds is 7. The Bertz CT molecular complexity index is 1140. The highest BCUT2D eigenvalue weighted by Gasteiger charge is 2.47. The van der Waals surface area contributed by atoms with Gasteiger partial charge in [0.1, 0.15) is 28.1 Å². The van der Waals surface area contributed by atoms with Crippen molar-refractivity contribution in [1.29, 1.82) is 0 Å². The molecule has 0 atom stereocenters. The van der Waals surface area contributed by atoms with Gasteiger partial charge in [0.15, 0.2) is 6.16 Å². The molecule has 0 fully saturated rings. The number of benzene rings is 3. The zero-order valence-corrected chi connectivity index (χ0v) is 20.2. The minimum absolute atomic E-state index is 0.133. The van der Waals surface area contributed by atoms with Crippen LogP contribution < -0.4 is 21.2 Å². The first-order valence-electron chi connectivity index (χ1n) is 10.6. The van der Waals surface area contributed by atoms with E-state index < -0.39 is 13.2 Å². The molecule has 0 aliphatic carbocycles. The van der Waals surface area contributed by atoms with Crippen molar-refractivity contribution < 1.29 is 14.3 Å². The second-order valence-electron chi connectivity index (χ2n) is 7.64. The minimum atomic E-state index is -2.31. The third kappa shape index (κ3) is 4.61. The Labute approximate surface area is 198 Å². The van der Waals surface area contributed by atoms with Gasteiger partial charge in [-0.05, 0) is 54.3 Å². The summed E-state index contributed by atoms with van der Waals surface area (Å²) in [6.07, 6.45) is 0.279. The summed E-state index contributed by atoms with van der Waals surface area (Å²) in [6.45, 7) is 1.88. The Morgan fingerprint density at radius 3 is 1.70 bits per heavy atom. The molecule has 1 N–H and O–H groups in total. The van der Waals surface area contributed by atoms with Crippen LogP contribution in [0, 0.1) is 6.92 Å². The number of aryl methyl sites for hydroxylation is 1. The van der Waals surface area contributed by atoms with Crippen molar-refractivity contribution in [3.8, 4) is 0 Å². The van der Waals surface area contributed by atoms with Crippen LogP contribution in [-0.4, -0.2) is 25.1 Å². The lowest BCUT2D eigenvalue weighted by atomic mass is 10.2. The standard InChI is InChI=1S/C27H24NO3PS/c1-20-19-33-26(27(30)31-2)25(20)28-24(29)18-32(21-12-6-3-7-13-21,22-14-8-4-9-15-22)23-16-10-5-11-17-23/h3-17,19H,18H2,1-2H3/p+1. The van der Waals surface area contributed by atoms with Crippen molar-refractivity contribution in [3.05, 3.63) is 107 Å². The number of hydrogen-bond acceptors (Lipinski definition) is 4. The second kappa shape index (κ2) is 10.1. The van der Waals surface area contributed by atoms with Gasteiger partial charge in [-0.3, -0.25) is 4.79 Å². The summed E-state index contributed by atoms with van der Waals surface area (Å²) < 4.78 is 4.91. The van der Waals surface area contributed by atoms with E-state index in [0.717, 1.165) is 21.5 Å². The predicted octanol–water partition coefficient (Wildman–Crippen LogP) is 4.78. The van der Waals surface area contributed by atoms with E-state index in [4.69, 9.17) is 4.74 Å². The fourth-order valence-electron chi connectivity index (χ4n) is 4.01. The number of hydrogen-bond donors (Lipinski definition) is 1. The molecular formula is C27H25NO3PS+. The van der Waals surface area contributed by atoms with Crippen LogP contribution in [0.15, 0.2) is 96.4 Å². The summed E-state index contributed by atoms with van der Waals surface area (Å²) in [5.74, 6) is -0.579. The van der Waals surface area contributed by atoms with Crippen LogP contribution in [0.2, 0.25) is 0 Å². The number of anilines is 1. The monoisotopic (exact) mass is 474 g/mol. The SMILES string of the molecule is COC(=O)c1scc(C)c1NC(=O)C[P+](c1ccccc1)(c1ccccc1)c1ccccc1. The van der Waals surface area contributed by atoms with Crippen LogP contribution in [0.4, 0.5) is 5.69 Å².